The third kappa shape index (κ3) is 4.14. The minimum absolute atomic E-state index is 0.133. The Kier molecular flexibility index (Phi) is 5.57. The van der Waals surface area contributed by atoms with E-state index in [4.69, 9.17) is 14.5 Å². The molecule has 0 aliphatic carbocycles. The molecule has 0 bridgehead atoms. The van der Waals surface area contributed by atoms with E-state index in [1.165, 1.54) is 6.07 Å². The molecule has 0 amide bonds. The molecule has 1 aromatic carbocycles. The number of nitrogens with zero attached hydrogens (tertiary/aromatic N) is 3. The molecule has 29 heavy (non-hydrogen) atoms. The number of ether oxygens (including phenoxy) is 2. The zero-order valence-electron chi connectivity index (χ0n) is 16.6. The summed E-state index contributed by atoms with van der Waals surface area (Å²) in [5.74, 6) is 2.54. The van der Waals surface area contributed by atoms with Crippen LogP contribution in [0.2, 0.25) is 0 Å². The fourth-order valence-corrected chi connectivity index (χ4v) is 3.85. The Labute approximate surface area is 169 Å². The van der Waals surface area contributed by atoms with Gasteiger partial charge in [0.2, 0.25) is 0 Å². The summed E-state index contributed by atoms with van der Waals surface area (Å²) in [5, 5.41) is 0. The number of rotatable bonds is 6. The van der Waals surface area contributed by atoms with Gasteiger partial charge in [0.25, 0.3) is 5.56 Å². The molecule has 1 saturated heterocycles. The summed E-state index contributed by atoms with van der Waals surface area (Å²) in [6, 6.07) is 11.1. The maximum atomic E-state index is 12.2. The minimum Gasteiger partial charge on any atom is -0.496 e. The lowest BCUT2D eigenvalue weighted by atomic mass is 10.1. The van der Waals surface area contributed by atoms with E-state index in [1.807, 2.05) is 30.3 Å². The van der Waals surface area contributed by atoms with Gasteiger partial charge in [0.05, 0.1) is 25.5 Å². The summed E-state index contributed by atoms with van der Waals surface area (Å²) in [6.07, 6.45) is 4.34. The third-order valence-electron chi connectivity index (χ3n) is 5.31. The van der Waals surface area contributed by atoms with Crippen molar-refractivity contribution in [3.05, 3.63) is 70.5 Å². The van der Waals surface area contributed by atoms with Crippen molar-refractivity contribution in [2.75, 3.05) is 27.3 Å². The van der Waals surface area contributed by atoms with Crippen molar-refractivity contribution in [1.82, 2.24) is 19.9 Å². The number of aromatic nitrogens is 3. The Hall–Kier alpha value is -3.19. The molecule has 0 spiro atoms. The molecule has 1 aliphatic heterocycles. The van der Waals surface area contributed by atoms with Gasteiger partial charge >= 0.3 is 0 Å². The molecule has 1 unspecified atom stereocenters. The van der Waals surface area contributed by atoms with Crippen LogP contribution in [0.3, 0.4) is 0 Å². The Balaban J connectivity index is 1.54. The second-order valence-corrected chi connectivity index (χ2v) is 7.11. The van der Waals surface area contributed by atoms with Crippen LogP contribution in [0.15, 0.2) is 53.6 Å². The zero-order valence-corrected chi connectivity index (χ0v) is 16.6. The van der Waals surface area contributed by atoms with E-state index in [1.54, 1.807) is 26.6 Å². The molecule has 150 valence electrons. The van der Waals surface area contributed by atoms with E-state index < -0.39 is 0 Å². The molecule has 1 atom stereocenters. The monoisotopic (exact) mass is 392 g/mol. The van der Waals surface area contributed by atoms with Gasteiger partial charge in [-0.2, -0.15) is 0 Å². The molecule has 4 rings (SSSR count). The number of pyridine rings is 1. The molecule has 0 radical (unpaired) electrons. The van der Waals surface area contributed by atoms with Gasteiger partial charge in [0.1, 0.15) is 17.3 Å². The highest BCUT2D eigenvalue weighted by Crippen LogP contribution is 2.33. The molecule has 3 aromatic rings. The van der Waals surface area contributed by atoms with Crippen molar-refractivity contribution >= 4 is 0 Å². The van der Waals surface area contributed by atoms with Gasteiger partial charge in [0, 0.05) is 43.0 Å². The van der Waals surface area contributed by atoms with Crippen LogP contribution in [-0.2, 0) is 6.54 Å². The Bertz CT molecular complexity index is 1010. The van der Waals surface area contributed by atoms with Crippen molar-refractivity contribution in [1.29, 1.82) is 0 Å². The van der Waals surface area contributed by atoms with E-state index in [0.717, 1.165) is 54.5 Å². The van der Waals surface area contributed by atoms with Gasteiger partial charge in [-0.15, -0.1) is 0 Å². The summed E-state index contributed by atoms with van der Waals surface area (Å²) >= 11 is 0. The zero-order chi connectivity index (χ0) is 20.2. The van der Waals surface area contributed by atoms with E-state index in [9.17, 15) is 4.79 Å². The van der Waals surface area contributed by atoms with Crippen LogP contribution in [0.4, 0.5) is 0 Å². The number of benzene rings is 1. The highest BCUT2D eigenvalue weighted by molar-refractivity contribution is 5.57. The number of hydrogen-bond acceptors (Lipinski definition) is 6. The maximum Gasteiger partial charge on any atom is 0.251 e. The SMILES string of the molecule is COc1cccc(OC)c1CN1CCC(c2nc(-c3ccncc3)cc(=O)[nH]2)C1. The number of H-pyrrole nitrogens is 1. The fraction of sp³-hybridized carbons (Fsp3) is 0.318. The van der Waals surface area contributed by atoms with Crippen LogP contribution in [0.1, 0.15) is 23.7 Å². The number of likely N-dealkylation sites (tertiary alicyclic amines) is 1. The second kappa shape index (κ2) is 8.45. The molecule has 1 fully saturated rings. The molecule has 7 nitrogen and oxygen atoms in total. The largest absolute Gasteiger partial charge is 0.496 e. The summed E-state index contributed by atoms with van der Waals surface area (Å²) in [5.41, 5.74) is 2.47. The quantitative estimate of drug-likeness (QED) is 0.695. The van der Waals surface area contributed by atoms with Crippen LogP contribution in [0.5, 0.6) is 11.5 Å². The van der Waals surface area contributed by atoms with E-state index in [0.29, 0.717) is 5.69 Å². The Morgan fingerprint density at radius 2 is 1.86 bits per heavy atom. The van der Waals surface area contributed by atoms with Crippen LogP contribution in [-0.4, -0.2) is 47.2 Å². The normalized spacial score (nSPS) is 16.7. The number of hydrogen-bond donors (Lipinski definition) is 1. The van der Waals surface area contributed by atoms with Gasteiger partial charge in [-0.3, -0.25) is 14.7 Å². The van der Waals surface area contributed by atoms with Crippen molar-refractivity contribution < 1.29 is 9.47 Å². The van der Waals surface area contributed by atoms with Crippen LogP contribution >= 0.6 is 0 Å². The van der Waals surface area contributed by atoms with Gasteiger partial charge < -0.3 is 14.5 Å². The van der Waals surface area contributed by atoms with Crippen molar-refractivity contribution in [2.24, 2.45) is 0 Å². The van der Waals surface area contributed by atoms with Crippen molar-refractivity contribution in [3.63, 3.8) is 0 Å². The highest BCUT2D eigenvalue weighted by Gasteiger charge is 2.27. The fourth-order valence-electron chi connectivity index (χ4n) is 3.85. The lowest BCUT2D eigenvalue weighted by Gasteiger charge is -2.20. The predicted octanol–water partition coefficient (Wildman–Crippen LogP) is 2.84. The minimum atomic E-state index is -0.133. The smallest absolute Gasteiger partial charge is 0.251 e. The topological polar surface area (TPSA) is 80.3 Å². The van der Waals surface area contributed by atoms with Crippen molar-refractivity contribution in [3.8, 4) is 22.8 Å². The first-order chi connectivity index (χ1) is 14.2. The van der Waals surface area contributed by atoms with Crippen LogP contribution in [0.25, 0.3) is 11.3 Å². The van der Waals surface area contributed by atoms with E-state index in [-0.39, 0.29) is 11.5 Å². The number of nitrogens with one attached hydrogen (secondary N) is 1. The maximum absolute atomic E-state index is 12.2. The first-order valence-electron chi connectivity index (χ1n) is 9.62. The van der Waals surface area contributed by atoms with Gasteiger partial charge in [-0.1, -0.05) is 6.07 Å². The highest BCUT2D eigenvalue weighted by atomic mass is 16.5. The molecule has 1 aliphatic rings. The summed E-state index contributed by atoms with van der Waals surface area (Å²) in [7, 11) is 3.34. The Morgan fingerprint density at radius 1 is 1.14 bits per heavy atom. The molecule has 7 heteroatoms. The average molecular weight is 392 g/mol. The molecular weight excluding hydrogens is 368 g/mol. The lowest BCUT2D eigenvalue weighted by molar-refractivity contribution is 0.305. The van der Waals surface area contributed by atoms with Gasteiger partial charge in [0.15, 0.2) is 0 Å². The third-order valence-corrected chi connectivity index (χ3v) is 5.31. The van der Waals surface area contributed by atoms with Gasteiger partial charge in [-0.25, -0.2) is 4.98 Å². The van der Waals surface area contributed by atoms with Crippen molar-refractivity contribution in [2.45, 2.75) is 18.9 Å². The molecular formula is C22H24N4O3. The first kappa shape index (κ1) is 19.1. The molecule has 0 saturated carbocycles. The van der Waals surface area contributed by atoms with Gasteiger partial charge in [-0.05, 0) is 37.2 Å². The van der Waals surface area contributed by atoms with E-state index in [2.05, 4.69) is 14.9 Å². The second-order valence-electron chi connectivity index (χ2n) is 7.11. The number of aromatic amines is 1. The molecule has 2 aromatic heterocycles. The standard InChI is InChI=1S/C22H24N4O3/c1-28-19-4-3-5-20(29-2)17(19)14-26-11-8-16(13-26)22-24-18(12-21(27)25-22)15-6-9-23-10-7-15/h3-7,9-10,12,16H,8,11,13-14H2,1-2H3,(H,24,25,27). The predicted molar refractivity (Wildman–Crippen MR) is 110 cm³/mol. The van der Waals surface area contributed by atoms with Crippen LogP contribution < -0.4 is 15.0 Å². The van der Waals surface area contributed by atoms with Crippen LogP contribution in [0, 0.1) is 0 Å². The first-order valence-corrected chi connectivity index (χ1v) is 9.62. The average Bonchev–Trinajstić information content (AvgIpc) is 3.23. The summed E-state index contributed by atoms with van der Waals surface area (Å²) in [4.78, 5) is 26.3. The molecule has 3 heterocycles. The Morgan fingerprint density at radius 3 is 2.55 bits per heavy atom. The summed E-state index contributed by atoms with van der Waals surface area (Å²) in [6.45, 7) is 2.44. The lowest BCUT2D eigenvalue weighted by Crippen LogP contribution is -2.22. The number of methoxy groups -OCH3 is 2. The summed E-state index contributed by atoms with van der Waals surface area (Å²) < 4.78 is 11.0. The van der Waals surface area contributed by atoms with E-state index >= 15 is 0 Å². The molecule has 1 N–H and O–H groups in total.